The fourth-order valence-electron chi connectivity index (χ4n) is 2.83. The number of hydrogen-bond acceptors (Lipinski definition) is 3. The molecule has 16 heavy (non-hydrogen) atoms. The van der Waals surface area contributed by atoms with Gasteiger partial charge in [0.2, 0.25) is 5.91 Å². The van der Waals surface area contributed by atoms with E-state index in [0.717, 1.165) is 45.3 Å². The number of amides is 1. The van der Waals surface area contributed by atoms with Gasteiger partial charge < -0.3 is 15.1 Å². The summed E-state index contributed by atoms with van der Waals surface area (Å²) in [5, 5.41) is 3.30. The molecule has 2 aliphatic rings. The molecule has 0 saturated carbocycles. The van der Waals surface area contributed by atoms with Crippen molar-refractivity contribution in [2.45, 2.75) is 37.8 Å². The molecule has 4 nitrogen and oxygen atoms in total. The second-order valence-corrected chi connectivity index (χ2v) is 5.24. The Morgan fingerprint density at radius 3 is 2.81 bits per heavy atom. The molecule has 2 fully saturated rings. The van der Waals surface area contributed by atoms with Gasteiger partial charge in [-0.3, -0.25) is 4.79 Å². The lowest BCUT2D eigenvalue weighted by Gasteiger charge is -2.29. The molecule has 2 aliphatic heterocycles. The van der Waals surface area contributed by atoms with Gasteiger partial charge in [-0.1, -0.05) is 0 Å². The molecule has 92 valence electrons. The highest BCUT2D eigenvalue weighted by atomic mass is 16.2. The fourth-order valence-corrected chi connectivity index (χ4v) is 2.83. The molecule has 4 heteroatoms. The first kappa shape index (κ1) is 11.9. The van der Waals surface area contributed by atoms with E-state index in [4.69, 9.17) is 0 Å². The number of nitrogens with zero attached hydrogens (tertiary/aromatic N) is 2. The highest BCUT2D eigenvalue weighted by Crippen LogP contribution is 2.20. The Morgan fingerprint density at radius 1 is 1.38 bits per heavy atom. The van der Waals surface area contributed by atoms with Crippen LogP contribution >= 0.6 is 0 Å². The predicted octanol–water partition coefficient (Wildman–Crippen LogP) is 0.291. The third-order valence-electron chi connectivity index (χ3n) is 3.59. The zero-order chi connectivity index (χ0) is 11.5. The Kier molecular flexibility index (Phi) is 3.82. The van der Waals surface area contributed by atoms with Crippen LogP contribution in [0.2, 0.25) is 0 Å². The molecule has 0 bridgehead atoms. The smallest absolute Gasteiger partial charge is 0.239 e. The van der Waals surface area contributed by atoms with E-state index < -0.39 is 0 Å². The largest absolute Gasteiger partial charge is 0.337 e. The maximum atomic E-state index is 12.3. The number of likely N-dealkylation sites (tertiary alicyclic amines) is 1. The van der Waals surface area contributed by atoms with E-state index >= 15 is 0 Å². The summed E-state index contributed by atoms with van der Waals surface area (Å²) in [6, 6.07) is 0.535. The molecular formula is C12H23N3O. The van der Waals surface area contributed by atoms with Crippen molar-refractivity contribution < 1.29 is 4.79 Å². The number of likely N-dealkylation sites (N-methyl/N-ethyl adjacent to an activating group) is 1. The minimum absolute atomic E-state index is 0.0998. The van der Waals surface area contributed by atoms with Crippen molar-refractivity contribution in [2.75, 3.05) is 33.7 Å². The van der Waals surface area contributed by atoms with Gasteiger partial charge in [-0.05, 0) is 46.3 Å². The molecule has 0 aromatic heterocycles. The van der Waals surface area contributed by atoms with E-state index in [2.05, 4.69) is 29.2 Å². The van der Waals surface area contributed by atoms with E-state index in [1.807, 2.05) is 0 Å². The van der Waals surface area contributed by atoms with Crippen molar-refractivity contribution in [2.24, 2.45) is 0 Å². The lowest BCUT2D eigenvalue weighted by atomic mass is 10.1. The summed E-state index contributed by atoms with van der Waals surface area (Å²) in [7, 11) is 4.16. The minimum atomic E-state index is 0.0998. The summed E-state index contributed by atoms with van der Waals surface area (Å²) in [4.78, 5) is 16.6. The topological polar surface area (TPSA) is 35.6 Å². The van der Waals surface area contributed by atoms with Crippen molar-refractivity contribution in [3.63, 3.8) is 0 Å². The Hall–Kier alpha value is -0.610. The van der Waals surface area contributed by atoms with Gasteiger partial charge >= 0.3 is 0 Å². The molecule has 2 heterocycles. The van der Waals surface area contributed by atoms with E-state index in [1.54, 1.807) is 0 Å². The summed E-state index contributed by atoms with van der Waals surface area (Å²) >= 11 is 0. The van der Waals surface area contributed by atoms with Crippen LogP contribution in [0.3, 0.4) is 0 Å². The first-order valence-corrected chi connectivity index (χ1v) is 6.37. The summed E-state index contributed by atoms with van der Waals surface area (Å²) in [5.41, 5.74) is 0. The van der Waals surface area contributed by atoms with Crippen LogP contribution in [0.4, 0.5) is 0 Å². The van der Waals surface area contributed by atoms with E-state index in [9.17, 15) is 4.79 Å². The Labute approximate surface area is 98.0 Å². The van der Waals surface area contributed by atoms with Crippen LogP contribution in [0.25, 0.3) is 0 Å². The second-order valence-electron chi connectivity index (χ2n) is 5.24. The van der Waals surface area contributed by atoms with Crippen LogP contribution in [0.15, 0.2) is 0 Å². The number of carbonyl (C=O) groups is 1. The van der Waals surface area contributed by atoms with Crippen LogP contribution in [0.5, 0.6) is 0 Å². The standard InChI is InChI=1S/C12H23N3O/c1-14(2)9-10-5-4-8-15(10)12(16)11-6-3-7-13-11/h10-11,13H,3-9H2,1-2H3. The summed E-state index contributed by atoms with van der Waals surface area (Å²) < 4.78 is 0. The van der Waals surface area contributed by atoms with Gasteiger partial charge in [0.05, 0.1) is 6.04 Å². The SMILES string of the molecule is CN(C)CC1CCCN1C(=O)C1CCCN1. The molecule has 1 amide bonds. The fraction of sp³-hybridized carbons (Fsp3) is 0.917. The molecule has 1 N–H and O–H groups in total. The highest BCUT2D eigenvalue weighted by molar-refractivity contribution is 5.82. The monoisotopic (exact) mass is 225 g/mol. The number of hydrogen-bond donors (Lipinski definition) is 1. The molecule has 2 unspecified atom stereocenters. The molecule has 0 aliphatic carbocycles. The predicted molar refractivity (Wildman–Crippen MR) is 64.3 cm³/mol. The minimum Gasteiger partial charge on any atom is -0.337 e. The van der Waals surface area contributed by atoms with Gasteiger partial charge in [-0.25, -0.2) is 0 Å². The maximum absolute atomic E-state index is 12.3. The lowest BCUT2D eigenvalue weighted by molar-refractivity contribution is -0.134. The van der Waals surface area contributed by atoms with E-state index in [0.29, 0.717) is 11.9 Å². The number of carbonyl (C=O) groups excluding carboxylic acids is 1. The van der Waals surface area contributed by atoms with Crippen molar-refractivity contribution in [1.29, 1.82) is 0 Å². The summed E-state index contributed by atoms with van der Waals surface area (Å²) in [6.45, 7) is 2.95. The summed E-state index contributed by atoms with van der Waals surface area (Å²) in [6.07, 6.45) is 4.49. The quantitative estimate of drug-likeness (QED) is 0.750. The van der Waals surface area contributed by atoms with Crippen LogP contribution < -0.4 is 5.32 Å². The maximum Gasteiger partial charge on any atom is 0.239 e. The van der Waals surface area contributed by atoms with Crippen LogP contribution in [-0.2, 0) is 4.79 Å². The molecule has 0 aromatic carbocycles. The van der Waals surface area contributed by atoms with Gasteiger partial charge in [-0.15, -0.1) is 0 Å². The average molecular weight is 225 g/mol. The van der Waals surface area contributed by atoms with Gasteiger partial charge in [0.15, 0.2) is 0 Å². The molecule has 0 spiro atoms. The van der Waals surface area contributed by atoms with Gasteiger partial charge in [0, 0.05) is 19.1 Å². The summed E-state index contributed by atoms with van der Waals surface area (Å²) in [5.74, 6) is 0.335. The third-order valence-corrected chi connectivity index (χ3v) is 3.59. The zero-order valence-corrected chi connectivity index (χ0v) is 10.4. The van der Waals surface area contributed by atoms with Gasteiger partial charge in [-0.2, -0.15) is 0 Å². The lowest BCUT2D eigenvalue weighted by Crippen LogP contribution is -2.48. The number of rotatable bonds is 3. The average Bonchev–Trinajstić information content (AvgIpc) is 2.84. The zero-order valence-electron chi connectivity index (χ0n) is 10.4. The molecular weight excluding hydrogens is 202 g/mol. The van der Waals surface area contributed by atoms with Crippen LogP contribution in [-0.4, -0.2) is 61.5 Å². The van der Waals surface area contributed by atoms with Crippen molar-refractivity contribution in [1.82, 2.24) is 15.1 Å². The van der Waals surface area contributed by atoms with Gasteiger partial charge in [0.1, 0.15) is 0 Å². The van der Waals surface area contributed by atoms with Crippen LogP contribution in [0, 0.1) is 0 Å². The van der Waals surface area contributed by atoms with Crippen molar-refractivity contribution >= 4 is 5.91 Å². The molecule has 2 rings (SSSR count). The molecule has 0 aromatic rings. The van der Waals surface area contributed by atoms with Crippen LogP contribution in [0.1, 0.15) is 25.7 Å². The first-order valence-electron chi connectivity index (χ1n) is 6.37. The molecule has 0 radical (unpaired) electrons. The second kappa shape index (κ2) is 5.15. The first-order chi connectivity index (χ1) is 7.68. The van der Waals surface area contributed by atoms with E-state index in [-0.39, 0.29) is 6.04 Å². The Bertz CT molecular complexity index is 249. The normalized spacial score (nSPS) is 30.3. The highest BCUT2D eigenvalue weighted by Gasteiger charge is 2.34. The molecule has 2 atom stereocenters. The Morgan fingerprint density at radius 2 is 2.19 bits per heavy atom. The third kappa shape index (κ3) is 2.55. The van der Waals surface area contributed by atoms with Gasteiger partial charge in [0.25, 0.3) is 0 Å². The number of nitrogens with one attached hydrogen (secondary N) is 1. The van der Waals surface area contributed by atoms with Crippen molar-refractivity contribution in [3.05, 3.63) is 0 Å². The Balaban J connectivity index is 1.93. The van der Waals surface area contributed by atoms with E-state index in [1.165, 1.54) is 0 Å². The van der Waals surface area contributed by atoms with Crippen molar-refractivity contribution in [3.8, 4) is 0 Å². The molecule has 2 saturated heterocycles.